The Morgan fingerprint density at radius 2 is 1.46 bits per heavy atom. The van der Waals surface area contributed by atoms with E-state index in [0.717, 1.165) is 22.2 Å². The summed E-state index contributed by atoms with van der Waals surface area (Å²) in [5.74, 6) is -0.229. The van der Waals surface area contributed by atoms with E-state index in [1.807, 2.05) is 25.1 Å². The van der Waals surface area contributed by atoms with Crippen molar-refractivity contribution in [1.29, 1.82) is 5.26 Å². The van der Waals surface area contributed by atoms with Crippen LogP contribution in [0.2, 0.25) is 0 Å². The van der Waals surface area contributed by atoms with Gasteiger partial charge in [-0.2, -0.15) is 5.26 Å². The highest BCUT2D eigenvalue weighted by Crippen LogP contribution is 2.40. The summed E-state index contributed by atoms with van der Waals surface area (Å²) in [6.07, 6.45) is 0. The Morgan fingerprint density at radius 3 is 2.07 bits per heavy atom. The minimum atomic E-state index is -1.14. The quantitative estimate of drug-likeness (QED) is 0.469. The smallest absolute Gasteiger partial charge is 0.132 e. The van der Waals surface area contributed by atoms with E-state index in [4.69, 9.17) is 0 Å². The number of hydrogen-bond acceptors (Lipinski definition) is 2. The summed E-state index contributed by atoms with van der Waals surface area (Å²) in [6.45, 7) is 4.08. The molecule has 138 valence electrons. The molecule has 4 rings (SSSR count). The first-order chi connectivity index (χ1) is 13.5. The molecule has 1 heterocycles. The van der Waals surface area contributed by atoms with Gasteiger partial charge in [0.15, 0.2) is 0 Å². The van der Waals surface area contributed by atoms with E-state index in [0.29, 0.717) is 11.1 Å². The van der Waals surface area contributed by atoms with Gasteiger partial charge in [0.05, 0.1) is 6.07 Å². The molecule has 3 aromatic carbocycles. The van der Waals surface area contributed by atoms with E-state index in [1.165, 1.54) is 17.7 Å². The topological polar surface area (TPSA) is 59.8 Å². The summed E-state index contributed by atoms with van der Waals surface area (Å²) in [5.41, 5.74) is 4.23. The molecule has 28 heavy (non-hydrogen) atoms. The summed E-state index contributed by atoms with van der Waals surface area (Å²) in [4.78, 5) is 3.38. The van der Waals surface area contributed by atoms with Gasteiger partial charge in [0.25, 0.3) is 0 Å². The first-order valence-corrected chi connectivity index (χ1v) is 9.02. The van der Waals surface area contributed by atoms with Gasteiger partial charge in [-0.3, -0.25) is 0 Å². The number of nitriles is 1. The number of aromatic nitrogens is 1. The number of H-pyrrole nitrogens is 1. The average Bonchev–Trinajstić information content (AvgIpc) is 2.99. The van der Waals surface area contributed by atoms with Crippen LogP contribution < -0.4 is 0 Å². The van der Waals surface area contributed by atoms with Crippen LogP contribution in [0.1, 0.15) is 27.9 Å². The summed E-state index contributed by atoms with van der Waals surface area (Å²) in [5, 5.41) is 21.2. The number of hydrogen-bond donors (Lipinski definition) is 2. The summed E-state index contributed by atoms with van der Waals surface area (Å²) in [6, 6.07) is 21.0. The van der Waals surface area contributed by atoms with Gasteiger partial charge in [-0.05, 0) is 66.4 Å². The van der Waals surface area contributed by atoms with Crippen LogP contribution in [0.4, 0.5) is 4.39 Å². The third-order valence-electron chi connectivity index (χ3n) is 5.49. The van der Waals surface area contributed by atoms with E-state index in [9.17, 15) is 14.8 Å². The summed E-state index contributed by atoms with van der Waals surface area (Å²) < 4.78 is 13.6. The van der Waals surface area contributed by atoms with Gasteiger partial charge < -0.3 is 10.1 Å². The lowest BCUT2D eigenvalue weighted by atomic mass is 9.70. The highest BCUT2D eigenvalue weighted by Gasteiger charge is 2.37. The molecule has 0 fully saturated rings. The molecule has 0 saturated carbocycles. The average molecular weight is 370 g/mol. The van der Waals surface area contributed by atoms with E-state index in [-0.39, 0.29) is 11.6 Å². The molecule has 1 atom stereocenters. The Kier molecular flexibility index (Phi) is 4.16. The molecule has 0 radical (unpaired) electrons. The van der Waals surface area contributed by atoms with Crippen molar-refractivity contribution in [2.45, 2.75) is 19.3 Å². The lowest BCUT2D eigenvalue weighted by Crippen LogP contribution is -2.27. The van der Waals surface area contributed by atoms with Crippen molar-refractivity contribution < 1.29 is 9.50 Å². The van der Waals surface area contributed by atoms with E-state index in [1.54, 1.807) is 36.4 Å². The molecular weight excluding hydrogens is 351 g/mol. The number of aromatic amines is 1. The summed E-state index contributed by atoms with van der Waals surface area (Å²) in [7, 11) is 0. The van der Waals surface area contributed by atoms with Crippen LogP contribution in [-0.2, 0) is 5.41 Å². The lowest BCUT2D eigenvalue weighted by molar-refractivity contribution is 0.475. The third kappa shape index (κ3) is 2.64. The maximum Gasteiger partial charge on any atom is 0.132 e. The number of nitrogens with one attached hydrogen (secondary N) is 1. The monoisotopic (exact) mass is 370 g/mol. The van der Waals surface area contributed by atoms with Crippen molar-refractivity contribution in [2.24, 2.45) is 0 Å². The third-order valence-corrected chi connectivity index (χ3v) is 5.49. The molecule has 4 heteroatoms. The Bertz CT molecular complexity index is 1150. The zero-order valence-electron chi connectivity index (χ0n) is 15.6. The zero-order valence-corrected chi connectivity index (χ0v) is 15.6. The first kappa shape index (κ1) is 17.8. The number of rotatable bonds is 3. The number of halogens is 1. The largest absolute Gasteiger partial charge is 0.508 e. The van der Waals surface area contributed by atoms with Gasteiger partial charge in [-0.25, -0.2) is 4.39 Å². The molecule has 0 amide bonds. The van der Waals surface area contributed by atoms with Crippen LogP contribution >= 0.6 is 0 Å². The van der Waals surface area contributed by atoms with Crippen LogP contribution in [0.3, 0.4) is 0 Å². The number of phenols is 1. The van der Waals surface area contributed by atoms with Gasteiger partial charge in [-0.1, -0.05) is 36.4 Å². The molecule has 3 nitrogen and oxygen atoms in total. The molecule has 4 aromatic rings. The molecule has 0 saturated heterocycles. The molecule has 0 aliphatic heterocycles. The molecule has 1 unspecified atom stereocenters. The van der Waals surface area contributed by atoms with Crippen molar-refractivity contribution in [3.05, 3.63) is 100 Å². The second-order valence-corrected chi connectivity index (χ2v) is 7.05. The highest BCUT2D eigenvalue weighted by molar-refractivity contribution is 5.85. The number of nitrogens with zero attached hydrogens (tertiary/aromatic N) is 1. The van der Waals surface area contributed by atoms with Crippen LogP contribution in [0, 0.1) is 31.0 Å². The van der Waals surface area contributed by atoms with E-state index >= 15 is 0 Å². The molecule has 0 aliphatic rings. The Labute approximate surface area is 162 Å². The second-order valence-electron chi connectivity index (χ2n) is 7.05. The normalized spacial score (nSPS) is 13.2. The predicted octanol–water partition coefficient (Wildman–Crippen LogP) is 5.49. The van der Waals surface area contributed by atoms with Gasteiger partial charge in [-0.15, -0.1) is 0 Å². The van der Waals surface area contributed by atoms with Crippen LogP contribution in [0.15, 0.2) is 66.7 Å². The highest BCUT2D eigenvalue weighted by atomic mass is 19.1. The van der Waals surface area contributed by atoms with Gasteiger partial charge >= 0.3 is 0 Å². The molecule has 2 N–H and O–H groups in total. The van der Waals surface area contributed by atoms with Crippen molar-refractivity contribution >= 4 is 10.9 Å². The Morgan fingerprint density at radius 1 is 0.893 bits per heavy atom. The predicted molar refractivity (Wildman–Crippen MR) is 108 cm³/mol. The number of benzene rings is 3. The van der Waals surface area contributed by atoms with Crippen LogP contribution in [0.5, 0.6) is 5.75 Å². The zero-order chi connectivity index (χ0) is 19.9. The van der Waals surface area contributed by atoms with E-state index < -0.39 is 5.41 Å². The standard InChI is InChI=1S/C24H19FN2O/c1-15-16(2)27-23-13-19(7-12-22(15)23)24(14-26,17-3-8-20(25)9-4-17)18-5-10-21(28)11-6-18/h3-13,27-28H,1-2H3. The lowest BCUT2D eigenvalue weighted by Gasteiger charge is -2.29. The minimum absolute atomic E-state index is 0.126. The first-order valence-electron chi connectivity index (χ1n) is 9.02. The fourth-order valence-corrected chi connectivity index (χ4v) is 3.81. The maximum absolute atomic E-state index is 13.6. The van der Waals surface area contributed by atoms with Gasteiger partial charge in [0, 0.05) is 16.6 Å². The van der Waals surface area contributed by atoms with Gasteiger partial charge in [0.1, 0.15) is 17.0 Å². The molecule has 1 aromatic heterocycles. The molecular formula is C24H19FN2O. The number of aryl methyl sites for hydroxylation is 2. The minimum Gasteiger partial charge on any atom is -0.508 e. The Balaban J connectivity index is 2.03. The maximum atomic E-state index is 13.6. The molecule has 0 spiro atoms. The van der Waals surface area contributed by atoms with Crippen LogP contribution in [0.25, 0.3) is 10.9 Å². The number of fused-ring (bicyclic) bond motifs is 1. The molecule has 0 bridgehead atoms. The van der Waals surface area contributed by atoms with Crippen molar-refractivity contribution in [2.75, 3.05) is 0 Å². The van der Waals surface area contributed by atoms with Crippen molar-refractivity contribution in [3.8, 4) is 11.8 Å². The van der Waals surface area contributed by atoms with Gasteiger partial charge in [0.2, 0.25) is 0 Å². The second kappa shape index (κ2) is 6.54. The molecule has 0 aliphatic carbocycles. The summed E-state index contributed by atoms with van der Waals surface area (Å²) >= 11 is 0. The fraction of sp³-hybridized carbons (Fsp3) is 0.125. The van der Waals surface area contributed by atoms with Crippen molar-refractivity contribution in [1.82, 2.24) is 4.98 Å². The SMILES string of the molecule is Cc1[nH]c2cc(C(C#N)(c3ccc(O)cc3)c3ccc(F)cc3)ccc2c1C. The Hall–Kier alpha value is -3.58. The number of phenolic OH excluding ortho intramolecular Hbond substituents is 1. The fourth-order valence-electron chi connectivity index (χ4n) is 3.81. The number of aromatic hydroxyl groups is 1. The van der Waals surface area contributed by atoms with E-state index in [2.05, 4.69) is 18.0 Å². The van der Waals surface area contributed by atoms with Crippen LogP contribution in [-0.4, -0.2) is 10.1 Å². The van der Waals surface area contributed by atoms with Crippen molar-refractivity contribution in [3.63, 3.8) is 0 Å².